The summed E-state index contributed by atoms with van der Waals surface area (Å²) in [5.41, 5.74) is 4.72. The molecule has 0 aromatic heterocycles. The second-order valence-electron chi connectivity index (χ2n) is 5.94. The largest absolute Gasteiger partial charge is 0.396 e. The smallest absolute Gasteiger partial charge is 0.221 e. The Morgan fingerprint density at radius 3 is 2.57 bits per heavy atom. The van der Waals surface area contributed by atoms with Crippen LogP contribution in [0.3, 0.4) is 0 Å². The first kappa shape index (κ1) is 20.3. The van der Waals surface area contributed by atoms with Crippen molar-refractivity contribution in [2.24, 2.45) is 11.1 Å². The van der Waals surface area contributed by atoms with Crippen LogP contribution in [0.15, 0.2) is 0 Å². The molecule has 0 rings (SSSR count). The minimum Gasteiger partial charge on any atom is -0.396 e. The van der Waals surface area contributed by atoms with Gasteiger partial charge in [-0.25, -0.2) is 4.89 Å². The van der Waals surface area contributed by atoms with E-state index < -0.39 is 17.6 Å². The van der Waals surface area contributed by atoms with Crippen LogP contribution in [0.4, 0.5) is 0 Å². The van der Waals surface area contributed by atoms with Crippen LogP contribution in [-0.2, 0) is 9.68 Å². The summed E-state index contributed by atoms with van der Waals surface area (Å²) in [5.74, 6) is -0.0726. The van der Waals surface area contributed by atoms with Gasteiger partial charge in [0.05, 0.1) is 6.10 Å². The summed E-state index contributed by atoms with van der Waals surface area (Å²) in [5, 5.41) is 30.9. The van der Waals surface area contributed by atoms with Crippen LogP contribution in [0.5, 0.6) is 0 Å². The van der Waals surface area contributed by atoms with Crippen molar-refractivity contribution in [3.8, 4) is 0 Å². The van der Waals surface area contributed by atoms with Crippen LogP contribution in [0.25, 0.3) is 0 Å². The molecule has 0 radical (unpaired) electrons. The first-order chi connectivity index (χ1) is 9.88. The predicted octanol–water partition coefficient (Wildman–Crippen LogP) is 0.249. The fraction of sp³-hybridized carbons (Fsp3) is 0.929. The van der Waals surface area contributed by atoms with Gasteiger partial charge in [-0.05, 0) is 31.1 Å². The van der Waals surface area contributed by atoms with Crippen molar-refractivity contribution in [2.75, 3.05) is 19.7 Å². The zero-order valence-electron chi connectivity index (χ0n) is 13.0. The average molecular weight is 306 g/mol. The number of nitrogens with two attached hydrogens (primary N) is 1. The number of hydrogen-bond acceptors (Lipinski definition) is 6. The van der Waals surface area contributed by atoms with Crippen molar-refractivity contribution < 1.29 is 25.2 Å². The molecule has 0 aliphatic rings. The minimum absolute atomic E-state index is 0.0324. The van der Waals surface area contributed by atoms with Crippen LogP contribution in [0, 0.1) is 5.41 Å². The molecule has 126 valence electrons. The molecule has 0 aliphatic carbocycles. The molecule has 0 fully saturated rings. The number of carbonyl (C=O) groups excluding carboxylic acids is 1. The third-order valence-electron chi connectivity index (χ3n) is 3.65. The lowest BCUT2D eigenvalue weighted by molar-refractivity contribution is -0.307. The molecule has 0 heterocycles. The van der Waals surface area contributed by atoms with Gasteiger partial charge in [0.15, 0.2) is 0 Å². The molecule has 7 nitrogen and oxygen atoms in total. The van der Waals surface area contributed by atoms with Crippen LogP contribution in [-0.4, -0.2) is 53.3 Å². The van der Waals surface area contributed by atoms with E-state index in [-0.39, 0.29) is 12.5 Å². The lowest BCUT2D eigenvalue weighted by Gasteiger charge is -2.34. The van der Waals surface area contributed by atoms with Crippen molar-refractivity contribution >= 4 is 5.91 Å². The van der Waals surface area contributed by atoms with Gasteiger partial charge >= 0.3 is 0 Å². The van der Waals surface area contributed by atoms with E-state index in [0.717, 1.165) is 6.42 Å². The summed E-state index contributed by atoms with van der Waals surface area (Å²) < 4.78 is 0. The number of nitrogens with one attached hydrogen (secondary N) is 1. The second-order valence-corrected chi connectivity index (χ2v) is 5.94. The summed E-state index contributed by atoms with van der Waals surface area (Å²) in [6, 6.07) is 0. The number of carbonyl (C=O) groups is 1. The third-order valence-corrected chi connectivity index (χ3v) is 3.65. The Hall–Kier alpha value is -0.730. The molecule has 1 unspecified atom stereocenters. The van der Waals surface area contributed by atoms with Crippen molar-refractivity contribution in [3.63, 3.8) is 0 Å². The molecular formula is C14H30N2O5. The Morgan fingerprint density at radius 2 is 2.05 bits per heavy atom. The van der Waals surface area contributed by atoms with Crippen molar-refractivity contribution in [3.05, 3.63) is 0 Å². The Bertz CT molecular complexity index is 287. The highest BCUT2D eigenvalue weighted by Gasteiger charge is 2.34. The SMILES string of the molecule is CC(C)(CCO)[C@@H](O)C(CCCCNC(=O)CCN)OO. The van der Waals surface area contributed by atoms with E-state index in [9.17, 15) is 9.90 Å². The molecule has 0 bridgehead atoms. The fourth-order valence-corrected chi connectivity index (χ4v) is 2.13. The maximum Gasteiger partial charge on any atom is 0.221 e. The van der Waals surface area contributed by atoms with E-state index in [4.69, 9.17) is 16.1 Å². The van der Waals surface area contributed by atoms with Crippen LogP contribution < -0.4 is 11.1 Å². The van der Waals surface area contributed by atoms with Gasteiger partial charge in [0, 0.05) is 26.1 Å². The highest BCUT2D eigenvalue weighted by atomic mass is 17.1. The van der Waals surface area contributed by atoms with Crippen molar-refractivity contribution in [1.82, 2.24) is 5.32 Å². The van der Waals surface area contributed by atoms with Gasteiger partial charge in [-0.1, -0.05) is 13.8 Å². The molecule has 21 heavy (non-hydrogen) atoms. The van der Waals surface area contributed by atoms with Gasteiger partial charge in [-0.15, -0.1) is 0 Å². The molecule has 1 amide bonds. The Morgan fingerprint density at radius 1 is 1.38 bits per heavy atom. The van der Waals surface area contributed by atoms with Gasteiger partial charge in [-0.3, -0.25) is 10.1 Å². The third kappa shape index (κ3) is 8.33. The van der Waals surface area contributed by atoms with E-state index >= 15 is 0 Å². The molecule has 2 atom stereocenters. The molecule has 0 aromatic carbocycles. The highest BCUT2D eigenvalue weighted by Crippen LogP contribution is 2.29. The first-order valence-electron chi connectivity index (χ1n) is 7.45. The van der Waals surface area contributed by atoms with E-state index in [2.05, 4.69) is 10.2 Å². The van der Waals surface area contributed by atoms with Crippen molar-refractivity contribution in [1.29, 1.82) is 0 Å². The molecule has 6 N–H and O–H groups in total. The van der Waals surface area contributed by atoms with Gasteiger partial charge in [-0.2, -0.15) is 0 Å². The van der Waals surface area contributed by atoms with Crippen LogP contribution in [0.1, 0.15) is 46.0 Å². The molecule has 0 aliphatic heterocycles. The molecular weight excluding hydrogens is 276 g/mol. The molecule has 7 heteroatoms. The molecule has 0 spiro atoms. The minimum atomic E-state index is -0.874. The maximum absolute atomic E-state index is 11.2. The summed E-state index contributed by atoms with van der Waals surface area (Å²) in [6.07, 6.45) is 1.05. The number of aliphatic hydroxyl groups is 2. The molecule has 0 saturated heterocycles. The number of amides is 1. The maximum atomic E-state index is 11.2. The Kier molecular flexibility index (Phi) is 10.5. The normalized spacial score (nSPS) is 14.8. The lowest BCUT2D eigenvalue weighted by atomic mass is 9.80. The zero-order chi connectivity index (χ0) is 16.3. The number of rotatable bonds is 12. The number of aliphatic hydroxyl groups excluding tert-OH is 2. The molecule has 0 aromatic rings. The number of hydrogen-bond donors (Lipinski definition) is 5. The van der Waals surface area contributed by atoms with Gasteiger partial charge in [0.1, 0.15) is 6.10 Å². The standard InChI is InChI=1S/C14H30N2O5/c1-14(2,7-10-17)13(19)11(21-20)5-3-4-9-16-12(18)6-8-15/h11,13,17,19-20H,3-10,15H2,1-2H3,(H,16,18)/t11?,13-/m0/s1. The monoisotopic (exact) mass is 306 g/mol. The van der Waals surface area contributed by atoms with Crippen LogP contribution >= 0.6 is 0 Å². The quantitative estimate of drug-likeness (QED) is 0.200. The highest BCUT2D eigenvalue weighted by molar-refractivity contribution is 5.75. The summed E-state index contributed by atoms with van der Waals surface area (Å²) in [6.45, 7) is 4.46. The van der Waals surface area contributed by atoms with E-state index in [0.29, 0.717) is 38.8 Å². The summed E-state index contributed by atoms with van der Waals surface area (Å²) >= 11 is 0. The Balaban J connectivity index is 4.02. The van der Waals surface area contributed by atoms with Crippen molar-refractivity contribution in [2.45, 2.75) is 58.2 Å². The average Bonchev–Trinajstić information content (AvgIpc) is 2.42. The number of unbranched alkanes of at least 4 members (excludes halogenated alkanes) is 1. The van der Waals surface area contributed by atoms with Gasteiger partial charge < -0.3 is 21.3 Å². The fourth-order valence-electron chi connectivity index (χ4n) is 2.13. The second kappa shape index (κ2) is 10.9. The Labute approximate surface area is 126 Å². The predicted molar refractivity (Wildman–Crippen MR) is 79.5 cm³/mol. The lowest BCUT2D eigenvalue weighted by Crippen LogP contribution is -2.41. The zero-order valence-corrected chi connectivity index (χ0v) is 13.0. The van der Waals surface area contributed by atoms with E-state index in [1.165, 1.54) is 0 Å². The van der Waals surface area contributed by atoms with E-state index in [1.807, 2.05) is 13.8 Å². The van der Waals surface area contributed by atoms with Gasteiger partial charge in [0.2, 0.25) is 5.91 Å². The van der Waals surface area contributed by atoms with Gasteiger partial charge in [0.25, 0.3) is 0 Å². The molecule has 0 saturated carbocycles. The topological polar surface area (TPSA) is 125 Å². The summed E-state index contributed by atoms with van der Waals surface area (Å²) in [4.78, 5) is 15.6. The van der Waals surface area contributed by atoms with E-state index in [1.54, 1.807) is 0 Å². The summed E-state index contributed by atoms with van der Waals surface area (Å²) in [7, 11) is 0. The first-order valence-corrected chi connectivity index (χ1v) is 7.45. The van der Waals surface area contributed by atoms with Crippen LogP contribution in [0.2, 0.25) is 0 Å².